The Morgan fingerprint density at radius 2 is 2.14 bits per heavy atom. The molecule has 1 aromatic carbocycles. The monoisotopic (exact) mass is 322 g/mol. The van der Waals surface area contributed by atoms with E-state index in [1.165, 1.54) is 40.9 Å². The van der Waals surface area contributed by atoms with E-state index in [0.29, 0.717) is 10.5 Å². The molecule has 3 rings (SSSR count). The summed E-state index contributed by atoms with van der Waals surface area (Å²) in [5.41, 5.74) is 0.292. The number of carbonyl (C=O) groups is 2. The SMILES string of the molecule is CC1=C(C(=O)OCc2ccc([N+](=O)[O-])cc2)N2C(=O)O[C@H]2S1. The first-order valence-electron chi connectivity index (χ1n) is 6.25. The van der Waals surface area contributed by atoms with E-state index in [0.717, 1.165) is 0 Å². The van der Waals surface area contributed by atoms with E-state index in [4.69, 9.17) is 9.47 Å². The van der Waals surface area contributed by atoms with Crippen molar-refractivity contribution in [2.75, 3.05) is 0 Å². The molecule has 1 saturated heterocycles. The fourth-order valence-electron chi connectivity index (χ4n) is 2.06. The molecule has 2 aliphatic heterocycles. The molecule has 0 bridgehead atoms. The van der Waals surface area contributed by atoms with Crippen molar-refractivity contribution in [2.45, 2.75) is 19.1 Å². The number of hydrogen-bond acceptors (Lipinski definition) is 7. The van der Waals surface area contributed by atoms with Crippen molar-refractivity contribution in [3.05, 3.63) is 50.5 Å². The highest BCUT2D eigenvalue weighted by atomic mass is 32.2. The van der Waals surface area contributed by atoms with Gasteiger partial charge in [-0.3, -0.25) is 10.1 Å². The largest absolute Gasteiger partial charge is 0.456 e. The lowest BCUT2D eigenvalue weighted by atomic mass is 10.2. The molecule has 0 aromatic heterocycles. The van der Waals surface area contributed by atoms with Crippen molar-refractivity contribution in [1.82, 2.24) is 4.90 Å². The summed E-state index contributed by atoms with van der Waals surface area (Å²) < 4.78 is 10.0. The summed E-state index contributed by atoms with van der Waals surface area (Å²) in [5, 5.41) is 10.6. The fraction of sp³-hybridized carbons (Fsp3) is 0.231. The fourth-order valence-corrected chi connectivity index (χ4v) is 3.08. The van der Waals surface area contributed by atoms with Gasteiger partial charge in [0.25, 0.3) is 5.69 Å². The van der Waals surface area contributed by atoms with Gasteiger partial charge in [-0.25, -0.2) is 14.5 Å². The second-order valence-corrected chi connectivity index (χ2v) is 5.83. The Balaban J connectivity index is 1.64. The maximum Gasteiger partial charge on any atom is 0.420 e. The molecule has 0 spiro atoms. The van der Waals surface area contributed by atoms with Crippen molar-refractivity contribution in [2.24, 2.45) is 0 Å². The molecule has 9 heteroatoms. The maximum atomic E-state index is 12.1. The number of nitro benzene ring substituents is 1. The van der Waals surface area contributed by atoms with Gasteiger partial charge < -0.3 is 9.47 Å². The van der Waals surface area contributed by atoms with Gasteiger partial charge in [-0.2, -0.15) is 0 Å². The average Bonchev–Trinajstić information content (AvgIpc) is 2.76. The predicted molar refractivity (Wildman–Crippen MR) is 75.3 cm³/mol. The number of benzene rings is 1. The zero-order chi connectivity index (χ0) is 15.9. The van der Waals surface area contributed by atoms with Crippen LogP contribution in [0.5, 0.6) is 0 Å². The lowest BCUT2D eigenvalue weighted by Gasteiger charge is -2.33. The number of allylic oxidation sites excluding steroid dienone is 1. The molecule has 2 heterocycles. The Bertz CT molecular complexity index is 699. The molecule has 1 aromatic rings. The first-order valence-corrected chi connectivity index (χ1v) is 7.13. The molecule has 0 saturated carbocycles. The van der Waals surface area contributed by atoms with Gasteiger partial charge >= 0.3 is 12.1 Å². The number of nitrogens with zero attached hydrogens (tertiary/aromatic N) is 2. The van der Waals surface area contributed by atoms with Gasteiger partial charge in [-0.05, 0) is 24.6 Å². The topological polar surface area (TPSA) is 99.0 Å². The van der Waals surface area contributed by atoms with Crippen molar-refractivity contribution >= 4 is 29.5 Å². The number of carbonyl (C=O) groups excluding carboxylic acids is 2. The van der Waals surface area contributed by atoms with Gasteiger partial charge in [0.05, 0.1) is 4.92 Å². The number of rotatable bonds is 4. The van der Waals surface area contributed by atoms with Crippen LogP contribution in [0.2, 0.25) is 0 Å². The molecule has 1 amide bonds. The van der Waals surface area contributed by atoms with Crippen LogP contribution in [0.15, 0.2) is 34.9 Å². The Morgan fingerprint density at radius 1 is 1.45 bits per heavy atom. The lowest BCUT2D eigenvalue weighted by Crippen LogP contribution is -2.50. The molecule has 1 atom stereocenters. The lowest BCUT2D eigenvalue weighted by molar-refractivity contribution is -0.384. The predicted octanol–water partition coefficient (Wildman–Crippen LogP) is 2.35. The first-order chi connectivity index (χ1) is 10.5. The number of amides is 1. The van der Waals surface area contributed by atoms with Crippen LogP contribution in [0.25, 0.3) is 0 Å². The third-order valence-corrected chi connectivity index (χ3v) is 4.23. The molecule has 22 heavy (non-hydrogen) atoms. The molecule has 114 valence electrons. The Kier molecular flexibility index (Phi) is 3.49. The van der Waals surface area contributed by atoms with Gasteiger partial charge in [-0.1, -0.05) is 11.8 Å². The van der Waals surface area contributed by atoms with E-state index in [2.05, 4.69) is 0 Å². The number of non-ortho nitro benzene ring substituents is 1. The highest BCUT2D eigenvalue weighted by molar-refractivity contribution is 8.03. The summed E-state index contributed by atoms with van der Waals surface area (Å²) in [6.45, 7) is 1.67. The number of fused-ring (bicyclic) bond motifs is 1. The van der Waals surface area contributed by atoms with E-state index >= 15 is 0 Å². The second kappa shape index (κ2) is 5.34. The van der Waals surface area contributed by atoms with Gasteiger partial charge in [-0.15, -0.1) is 0 Å². The summed E-state index contributed by atoms with van der Waals surface area (Å²) in [7, 11) is 0. The summed E-state index contributed by atoms with van der Waals surface area (Å²) >= 11 is 1.27. The van der Waals surface area contributed by atoms with Gasteiger partial charge in [0.2, 0.25) is 5.56 Å². The average molecular weight is 322 g/mol. The minimum atomic E-state index is -0.623. The van der Waals surface area contributed by atoms with Crippen LogP contribution in [0.3, 0.4) is 0 Å². The zero-order valence-corrected chi connectivity index (χ0v) is 12.2. The molecule has 0 N–H and O–H groups in total. The van der Waals surface area contributed by atoms with E-state index in [-0.39, 0.29) is 18.0 Å². The van der Waals surface area contributed by atoms with Gasteiger partial charge in [0, 0.05) is 17.0 Å². The maximum absolute atomic E-state index is 12.1. The van der Waals surface area contributed by atoms with Crippen molar-refractivity contribution in [3.8, 4) is 0 Å². The number of esters is 1. The minimum Gasteiger partial charge on any atom is -0.456 e. The summed E-state index contributed by atoms with van der Waals surface area (Å²) in [6.07, 6.45) is -0.573. The number of ether oxygens (including phenoxy) is 2. The normalized spacial score (nSPS) is 19.4. The minimum absolute atomic E-state index is 0.0352. The van der Waals surface area contributed by atoms with E-state index in [1.54, 1.807) is 6.92 Å². The second-order valence-electron chi connectivity index (χ2n) is 4.58. The molecule has 0 unspecified atom stereocenters. The first kappa shape index (κ1) is 14.4. The molecule has 2 aliphatic rings. The molecule has 0 radical (unpaired) electrons. The van der Waals surface area contributed by atoms with Gasteiger partial charge in [0.15, 0.2) is 0 Å². The van der Waals surface area contributed by atoms with Crippen molar-refractivity contribution < 1.29 is 24.0 Å². The standard InChI is InChI=1S/C13H10N2O6S/c1-7-10(14-12(17)21-13(14)22-7)11(16)20-6-8-2-4-9(5-3-8)15(18)19/h2-5,13H,6H2,1H3/t13-/m0/s1. The number of nitro groups is 1. The van der Waals surface area contributed by atoms with E-state index in [1.807, 2.05) is 0 Å². The van der Waals surface area contributed by atoms with E-state index in [9.17, 15) is 19.7 Å². The van der Waals surface area contributed by atoms with Crippen LogP contribution in [0.1, 0.15) is 12.5 Å². The summed E-state index contributed by atoms with van der Waals surface area (Å²) in [5.74, 6) is -0.623. The third kappa shape index (κ3) is 2.39. The Hall–Kier alpha value is -2.55. The van der Waals surface area contributed by atoms with Crippen LogP contribution in [-0.4, -0.2) is 27.4 Å². The van der Waals surface area contributed by atoms with Gasteiger partial charge in [0.1, 0.15) is 12.3 Å². The molecule has 0 aliphatic carbocycles. The smallest absolute Gasteiger partial charge is 0.420 e. The van der Waals surface area contributed by atoms with Crippen LogP contribution >= 0.6 is 11.8 Å². The summed E-state index contributed by atoms with van der Waals surface area (Å²) in [4.78, 5) is 35.4. The molecule has 8 nitrogen and oxygen atoms in total. The quantitative estimate of drug-likeness (QED) is 0.476. The van der Waals surface area contributed by atoms with Crippen molar-refractivity contribution in [1.29, 1.82) is 0 Å². The number of hydrogen-bond donors (Lipinski definition) is 0. The molecular weight excluding hydrogens is 312 g/mol. The van der Waals surface area contributed by atoms with E-state index < -0.39 is 22.5 Å². The zero-order valence-electron chi connectivity index (χ0n) is 11.3. The molecule has 1 fully saturated rings. The highest BCUT2D eigenvalue weighted by Gasteiger charge is 2.50. The molecular formula is C13H10N2O6S. The Morgan fingerprint density at radius 3 is 2.73 bits per heavy atom. The van der Waals surface area contributed by atoms with Crippen LogP contribution in [-0.2, 0) is 20.9 Å². The number of thioether (sulfide) groups is 1. The van der Waals surface area contributed by atoms with Crippen molar-refractivity contribution in [3.63, 3.8) is 0 Å². The van der Waals surface area contributed by atoms with Crippen LogP contribution in [0.4, 0.5) is 10.5 Å². The van der Waals surface area contributed by atoms with Crippen LogP contribution in [0, 0.1) is 10.1 Å². The highest BCUT2D eigenvalue weighted by Crippen LogP contribution is 2.44. The van der Waals surface area contributed by atoms with Crippen LogP contribution < -0.4 is 0 Å². The summed E-state index contributed by atoms with van der Waals surface area (Å²) in [6, 6.07) is 5.69. The third-order valence-electron chi connectivity index (χ3n) is 3.17. The Labute approximate surface area is 128 Å².